The van der Waals surface area contributed by atoms with Crippen molar-refractivity contribution < 1.29 is 13.3 Å². The zero-order valence-corrected chi connectivity index (χ0v) is 24.1. The first kappa shape index (κ1) is 27.8. The van der Waals surface area contributed by atoms with E-state index in [9.17, 15) is 0 Å². The smallest absolute Gasteiger partial charge is 0.377 e. The van der Waals surface area contributed by atoms with Gasteiger partial charge in [-0.2, -0.15) is 0 Å². The van der Waals surface area contributed by atoms with Gasteiger partial charge in [-0.25, -0.2) is 0 Å². The zero-order valence-electron chi connectivity index (χ0n) is 21.1. The number of benzene rings is 1. The Labute approximate surface area is 190 Å². The van der Waals surface area contributed by atoms with Crippen LogP contribution in [-0.2, 0) is 13.3 Å². The summed E-state index contributed by atoms with van der Waals surface area (Å²) >= 11 is 0. The van der Waals surface area contributed by atoms with Crippen LogP contribution in [0.25, 0.3) is 0 Å². The van der Waals surface area contributed by atoms with E-state index in [4.69, 9.17) is 13.3 Å². The fourth-order valence-electron chi connectivity index (χ4n) is 4.46. The van der Waals surface area contributed by atoms with E-state index in [1.165, 1.54) is 50.6 Å². The molecular weight excluding hydrogens is 421 g/mol. The Morgan fingerprint density at radius 3 is 1.33 bits per heavy atom. The molecule has 1 rings (SSSR count). The molecule has 30 heavy (non-hydrogen) atoms. The molecule has 6 heteroatoms. The SMILES string of the molecule is CCC[Si](C)(C)c1ccc([Si](C)(C)CCCCCCCC[Si](OC)(OC)OC)cc1. The molecule has 1 aromatic carbocycles. The molecule has 3 nitrogen and oxygen atoms in total. The Kier molecular flexibility index (Phi) is 12.3. The summed E-state index contributed by atoms with van der Waals surface area (Å²) in [5, 5.41) is 3.26. The van der Waals surface area contributed by atoms with E-state index in [-0.39, 0.29) is 0 Å². The first-order chi connectivity index (χ1) is 14.2. The molecule has 0 amide bonds. The van der Waals surface area contributed by atoms with Crippen molar-refractivity contribution >= 4 is 35.3 Å². The van der Waals surface area contributed by atoms with E-state index >= 15 is 0 Å². The maximum atomic E-state index is 5.50. The summed E-state index contributed by atoms with van der Waals surface area (Å²) in [4.78, 5) is 0. The molecule has 0 aliphatic rings. The summed E-state index contributed by atoms with van der Waals surface area (Å²) in [6, 6.07) is 13.5. The lowest BCUT2D eigenvalue weighted by Crippen LogP contribution is -2.45. The van der Waals surface area contributed by atoms with Crippen LogP contribution in [0.4, 0.5) is 0 Å². The first-order valence-electron chi connectivity index (χ1n) is 11.9. The fraction of sp³-hybridized carbons (Fsp3) is 0.750. The van der Waals surface area contributed by atoms with Gasteiger partial charge in [-0.3, -0.25) is 0 Å². The van der Waals surface area contributed by atoms with Gasteiger partial charge in [-0.1, -0.05) is 118 Å². The summed E-state index contributed by atoms with van der Waals surface area (Å²) in [6.45, 7) is 12.4. The molecule has 0 aliphatic carbocycles. The summed E-state index contributed by atoms with van der Waals surface area (Å²) in [6.07, 6.45) is 9.03. The van der Waals surface area contributed by atoms with Gasteiger partial charge in [0.25, 0.3) is 0 Å². The van der Waals surface area contributed by atoms with Crippen molar-refractivity contribution in [2.75, 3.05) is 21.3 Å². The van der Waals surface area contributed by atoms with Crippen molar-refractivity contribution in [3.8, 4) is 0 Å². The summed E-state index contributed by atoms with van der Waals surface area (Å²) in [5.41, 5.74) is 0. The lowest BCUT2D eigenvalue weighted by molar-refractivity contribution is 0.122. The third-order valence-electron chi connectivity index (χ3n) is 6.79. The quantitative estimate of drug-likeness (QED) is 0.215. The molecule has 0 saturated heterocycles. The Morgan fingerprint density at radius 2 is 0.933 bits per heavy atom. The van der Waals surface area contributed by atoms with E-state index in [2.05, 4.69) is 57.4 Å². The van der Waals surface area contributed by atoms with E-state index in [1.54, 1.807) is 31.7 Å². The van der Waals surface area contributed by atoms with Crippen molar-refractivity contribution in [2.45, 2.75) is 96.2 Å². The molecule has 0 bridgehead atoms. The molecule has 0 radical (unpaired) electrons. The van der Waals surface area contributed by atoms with Gasteiger partial charge in [0.05, 0.1) is 16.1 Å². The van der Waals surface area contributed by atoms with Gasteiger partial charge < -0.3 is 13.3 Å². The molecule has 0 N–H and O–H groups in total. The van der Waals surface area contributed by atoms with Crippen LogP contribution < -0.4 is 10.4 Å². The third kappa shape index (κ3) is 8.71. The minimum absolute atomic E-state index is 0.921. The average Bonchev–Trinajstić information content (AvgIpc) is 2.73. The van der Waals surface area contributed by atoms with E-state index in [0.29, 0.717) is 0 Å². The number of hydrogen-bond acceptors (Lipinski definition) is 3. The summed E-state index contributed by atoms with van der Waals surface area (Å²) < 4.78 is 16.5. The highest BCUT2D eigenvalue weighted by Crippen LogP contribution is 2.20. The lowest BCUT2D eigenvalue weighted by atomic mass is 10.1. The molecule has 0 aromatic heterocycles. The van der Waals surface area contributed by atoms with Gasteiger partial charge in [0.2, 0.25) is 0 Å². The van der Waals surface area contributed by atoms with Crippen molar-refractivity contribution in [3.05, 3.63) is 24.3 Å². The van der Waals surface area contributed by atoms with Crippen LogP contribution in [0.3, 0.4) is 0 Å². The van der Waals surface area contributed by atoms with Gasteiger partial charge in [-0.15, -0.1) is 0 Å². The Bertz CT molecular complexity index is 576. The van der Waals surface area contributed by atoms with Gasteiger partial charge in [-0.05, 0) is 6.42 Å². The Balaban J connectivity index is 2.34. The largest absolute Gasteiger partial charge is 0.500 e. The molecule has 0 fully saturated rings. The van der Waals surface area contributed by atoms with E-state index in [0.717, 1.165) is 12.5 Å². The molecule has 0 unspecified atom stereocenters. The van der Waals surface area contributed by atoms with Crippen LogP contribution in [0.15, 0.2) is 24.3 Å². The van der Waals surface area contributed by atoms with E-state index < -0.39 is 25.0 Å². The zero-order chi connectivity index (χ0) is 22.7. The highest BCUT2D eigenvalue weighted by molar-refractivity contribution is 6.91. The van der Waals surface area contributed by atoms with Gasteiger partial charge in [0.15, 0.2) is 0 Å². The van der Waals surface area contributed by atoms with Crippen molar-refractivity contribution in [1.82, 2.24) is 0 Å². The van der Waals surface area contributed by atoms with Gasteiger partial charge in [0, 0.05) is 27.4 Å². The molecule has 0 heterocycles. The summed E-state index contributed by atoms with van der Waals surface area (Å²) in [7, 11) is 0.177. The standard InChI is InChI=1S/C24H48O3Si3/c1-9-20-28(5,6)23-16-18-24(19-17-23)29(7,8)21-14-12-10-11-13-15-22-30(25-2,26-3)27-4/h16-19H,9-15,20-22H2,1-8H3. The monoisotopic (exact) mass is 468 g/mol. The van der Waals surface area contributed by atoms with Crippen molar-refractivity contribution in [2.24, 2.45) is 0 Å². The Hall–Kier alpha value is -0.249. The number of hydrogen-bond donors (Lipinski definition) is 0. The molecule has 0 saturated carbocycles. The molecular formula is C24H48O3Si3. The topological polar surface area (TPSA) is 27.7 Å². The van der Waals surface area contributed by atoms with Crippen LogP contribution in [0, 0.1) is 0 Å². The third-order valence-corrected chi connectivity index (χ3v) is 16.8. The van der Waals surface area contributed by atoms with E-state index in [1.807, 2.05) is 0 Å². The van der Waals surface area contributed by atoms with Crippen LogP contribution in [0.1, 0.15) is 51.9 Å². The Morgan fingerprint density at radius 1 is 0.567 bits per heavy atom. The van der Waals surface area contributed by atoms with Gasteiger partial charge >= 0.3 is 8.80 Å². The number of rotatable bonds is 16. The minimum Gasteiger partial charge on any atom is -0.377 e. The second-order valence-electron chi connectivity index (χ2n) is 10.0. The van der Waals surface area contributed by atoms with Crippen molar-refractivity contribution in [1.29, 1.82) is 0 Å². The maximum absolute atomic E-state index is 5.50. The maximum Gasteiger partial charge on any atom is 0.500 e. The highest BCUT2D eigenvalue weighted by Gasteiger charge is 2.36. The predicted molar refractivity (Wildman–Crippen MR) is 140 cm³/mol. The molecule has 1 aromatic rings. The summed E-state index contributed by atoms with van der Waals surface area (Å²) in [5.74, 6) is 0. The molecule has 0 aliphatic heterocycles. The van der Waals surface area contributed by atoms with Crippen LogP contribution in [0.2, 0.25) is 44.3 Å². The number of unbranched alkanes of at least 4 members (excludes halogenated alkanes) is 5. The van der Waals surface area contributed by atoms with Crippen molar-refractivity contribution in [3.63, 3.8) is 0 Å². The molecule has 174 valence electrons. The second-order valence-corrected chi connectivity index (χ2v) is 22.8. The molecule has 0 spiro atoms. The van der Waals surface area contributed by atoms with Crippen LogP contribution >= 0.6 is 0 Å². The van der Waals surface area contributed by atoms with Crippen LogP contribution in [0.5, 0.6) is 0 Å². The normalized spacial score (nSPS) is 13.1. The first-order valence-corrected chi connectivity index (χ1v) is 20.3. The predicted octanol–water partition coefficient (Wildman–Crippen LogP) is 6.15. The van der Waals surface area contributed by atoms with Gasteiger partial charge in [0.1, 0.15) is 0 Å². The van der Waals surface area contributed by atoms with Crippen LogP contribution in [-0.4, -0.2) is 46.3 Å². The molecule has 0 atom stereocenters. The lowest BCUT2D eigenvalue weighted by Gasteiger charge is -2.26. The highest BCUT2D eigenvalue weighted by atomic mass is 28.4. The average molecular weight is 469 g/mol. The fourth-order valence-corrected chi connectivity index (χ4v) is 11.4. The minimum atomic E-state index is -2.37. The second kappa shape index (κ2) is 13.3.